The zero-order valence-electron chi connectivity index (χ0n) is 10.8. The van der Waals surface area contributed by atoms with Crippen LogP contribution in [-0.2, 0) is 6.42 Å². The van der Waals surface area contributed by atoms with Gasteiger partial charge in [-0.2, -0.15) is 0 Å². The number of carbonyl (C=O) groups is 1. The summed E-state index contributed by atoms with van der Waals surface area (Å²) in [4.78, 5) is 12.1. The fourth-order valence-corrected chi connectivity index (χ4v) is 1.73. The van der Waals surface area contributed by atoms with Gasteiger partial charge in [0.25, 0.3) is 0 Å². The van der Waals surface area contributed by atoms with Crippen molar-refractivity contribution in [3.8, 4) is 0 Å². The minimum Gasteiger partial charge on any atom is -0.294 e. The largest absolute Gasteiger partial charge is 0.294 e. The number of Topliss-reactive ketones (excluding diaryl/α,β-unsaturated/α-hetero) is 1. The van der Waals surface area contributed by atoms with Crippen molar-refractivity contribution < 1.29 is 4.79 Å². The molecule has 0 radical (unpaired) electrons. The zero-order valence-corrected chi connectivity index (χ0v) is 10.8. The second-order valence-electron chi connectivity index (χ2n) is 4.85. The van der Waals surface area contributed by atoms with Gasteiger partial charge in [-0.3, -0.25) is 4.79 Å². The number of rotatable bonds is 5. The van der Waals surface area contributed by atoms with Crippen LogP contribution >= 0.6 is 0 Å². The summed E-state index contributed by atoms with van der Waals surface area (Å²) in [5, 5.41) is 0. The monoisotopic (exact) mass is 218 g/mol. The molecular weight excluding hydrogens is 196 g/mol. The molecule has 0 saturated heterocycles. The molecule has 0 amide bonds. The van der Waals surface area contributed by atoms with Gasteiger partial charge in [0.1, 0.15) is 0 Å². The summed E-state index contributed by atoms with van der Waals surface area (Å²) in [5.41, 5.74) is 2.14. The van der Waals surface area contributed by atoms with Crippen LogP contribution in [0.15, 0.2) is 24.3 Å². The van der Waals surface area contributed by atoms with Crippen LogP contribution in [0.25, 0.3) is 0 Å². The van der Waals surface area contributed by atoms with Crippen molar-refractivity contribution in [2.75, 3.05) is 0 Å². The smallest absolute Gasteiger partial charge is 0.165 e. The summed E-state index contributed by atoms with van der Waals surface area (Å²) in [7, 11) is 0. The predicted octanol–water partition coefficient (Wildman–Crippen LogP) is 4.11. The van der Waals surface area contributed by atoms with Crippen LogP contribution in [0.1, 0.15) is 50.0 Å². The normalized spacial score (nSPS) is 12.8. The maximum Gasteiger partial charge on any atom is 0.165 e. The van der Waals surface area contributed by atoms with Crippen LogP contribution in [0.4, 0.5) is 0 Å². The standard InChI is InChI=1S/C15H22O/c1-5-7-13-8-6-9-14(10-13)15(16)12(4)11(2)3/h6,8-12H,5,7H2,1-4H3. The fourth-order valence-electron chi connectivity index (χ4n) is 1.73. The molecule has 1 nitrogen and oxygen atoms in total. The van der Waals surface area contributed by atoms with Crippen LogP contribution in [-0.4, -0.2) is 5.78 Å². The first-order valence-corrected chi connectivity index (χ1v) is 6.19. The molecule has 1 rings (SSSR count). The SMILES string of the molecule is CCCc1cccc(C(=O)C(C)C(C)C)c1. The van der Waals surface area contributed by atoms with E-state index in [1.54, 1.807) is 0 Å². The number of hydrogen-bond acceptors (Lipinski definition) is 1. The summed E-state index contributed by atoms with van der Waals surface area (Å²) >= 11 is 0. The van der Waals surface area contributed by atoms with Crippen molar-refractivity contribution in [3.63, 3.8) is 0 Å². The lowest BCUT2D eigenvalue weighted by molar-refractivity contribution is 0.0899. The van der Waals surface area contributed by atoms with Gasteiger partial charge < -0.3 is 0 Å². The number of benzene rings is 1. The van der Waals surface area contributed by atoms with Gasteiger partial charge in [-0.25, -0.2) is 0 Å². The fraction of sp³-hybridized carbons (Fsp3) is 0.533. The molecule has 0 aliphatic carbocycles. The summed E-state index contributed by atoms with van der Waals surface area (Å²) in [6.45, 7) is 8.36. The van der Waals surface area contributed by atoms with Gasteiger partial charge >= 0.3 is 0 Å². The molecule has 0 spiro atoms. The number of ketones is 1. The topological polar surface area (TPSA) is 17.1 Å². The highest BCUT2D eigenvalue weighted by Gasteiger charge is 2.18. The number of carbonyl (C=O) groups excluding carboxylic acids is 1. The predicted molar refractivity (Wildman–Crippen MR) is 68.8 cm³/mol. The summed E-state index contributed by atoms with van der Waals surface area (Å²) in [6.07, 6.45) is 2.18. The zero-order chi connectivity index (χ0) is 12.1. The molecule has 88 valence electrons. The molecule has 0 aromatic heterocycles. The Morgan fingerprint density at radius 2 is 1.94 bits per heavy atom. The molecular formula is C15H22O. The number of hydrogen-bond donors (Lipinski definition) is 0. The van der Waals surface area contributed by atoms with E-state index in [0.29, 0.717) is 5.92 Å². The van der Waals surface area contributed by atoms with Crippen molar-refractivity contribution in [3.05, 3.63) is 35.4 Å². The van der Waals surface area contributed by atoms with Gasteiger partial charge in [-0.15, -0.1) is 0 Å². The highest BCUT2D eigenvalue weighted by atomic mass is 16.1. The molecule has 0 aliphatic rings. The van der Waals surface area contributed by atoms with E-state index in [1.807, 2.05) is 25.1 Å². The average Bonchev–Trinajstić information content (AvgIpc) is 2.28. The maximum atomic E-state index is 12.1. The van der Waals surface area contributed by atoms with E-state index < -0.39 is 0 Å². The molecule has 1 heteroatoms. The molecule has 0 fully saturated rings. The third-order valence-corrected chi connectivity index (χ3v) is 3.16. The third-order valence-electron chi connectivity index (χ3n) is 3.16. The summed E-state index contributed by atoms with van der Waals surface area (Å²) in [5.74, 6) is 0.784. The molecule has 1 aromatic rings. The third kappa shape index (κ3) is 3.19. The Bertz CT molecular complexity index is 352. The second kappa shape index (κ2) is 5.83. The number of aryl methyl sites for hydroxylation is 1. The van der Waals surface area contributed by atoms with Gasteiger partial charge in [0.15, 0.2) is 5.78 Å². The molecule has 1 unspecified atom stereocenters. The van der Waals surface area contributed by atoms with Crippen LogP contribution in [0, 0.1) is 11.8 Å². The van der Waals surface area contributed by atoms with Gasteiger partial charge in [0.2, 0.25) is 0 Å². The van der Waals surface area contributed by atoms with Crippen LogP contribution in [0.5, 0.6) is 0 Å². The highest BCUT2D eigenvalue weighted by molar-refractivity contribution is 5.97. The van der Waals surface area contributed by atoms with Gasteiger partial charge in [-0.1, -0.05) is 52.3 Å². The molecule has 16 heavy (non-hydrogen) atoms. The van der Waals surface area contributed by atoms with E-state index in [1.165, 1.54) is 5.56 Å². The molecule has 0 N–H and O–H groups in total. The van der Waals surface area contributed by atoms with Gasteiger partial charge in [-0.05, 0) is 24.0 Å². The minimum absolute atomic E-state index is 0.108. The second-order valence-corrected chi connectivity index (χ2v) is 4.85. The molecule has 1 aromatic carbocycles. The Morgan fingerprint density at radius 3 is 2.50 bits per heavy atom. The Kier molecular flexibility index (Phi) is 4.72. The van der Waals surface area contributed by atoms with E-state index in [0.717, 1.165) is 18.4 Å². The summed E-state index contributed by atoms with van der Waals surface area (Å²) < 4.78 is 0. The van der Waals surface area contributed by atoms with Crippen LogP contribution < -0.4 is 0 Å². The lowest BCUT2D eigenvalue weighted by Crippen LogP contribution is -2.17. The molecule has 1 atom stereocenters. The first-order valence-electron chi connectivity index (χ1n) is 6.19. The van der Waals surface area contributed by atoms with Gasteiger partial charge in [0, 0.05) is 11.5 Å². The average molecular weight is 218 g/mol. The van der Waals surface area contributed by atoms with Crippen molar-refractivity contribution in [1.29, 1.82) is 0 Å². The first-order chi connectivity index (χ1) is 7.56. The Labute approximate surface area is 98.9 Å². The maximum absolute atomic E-state index is 12.1. The van der Waals surface area contributed by atoms with Crippen LogP contribution in [0.3, 0.4) is 0 Å². The molecule has 0 heterocycles. The Morgan fingerprint density at radius 1 is 1.25 bits per heavy atom. The Hall–Kier alpha value is -1.11. The van der Waals surface area contributed by atoms with E-state index >= 15 is 0 Å². The van der Waals surface area contributed by atoms with E-state index in [-0.39, 0.29) is 11.7 Å². The quantitative estimate of drug-likeness (QED) is 0.680. The molecule has 0 bridgehead atoms. The lowest BCUT2D eigenvalue weighted by atomic mass is 9.89. The first kappa shape index (κ1) is 13.0. The molecule has 0 aliphatic heterocycles. The van der Waals surface area contributed by atoms with Gasteiger partial charge in [0.05, 0.1) is 0 Å². The lowest BCUT2D eigenvalue weighted by Gasteiger charge is -2.14. The molecule has 0 saturated carbocycles. The Balaban J connectivity index is 2.87. The highest BCUT2D eigenvalue weighted by Crippen LogP contribution is 2.18. The van der Waals surface area contributed by atoms with E-state index in [2.05, 4.69) is 26.8 Å². The minimum atomic E-state index is 0.108. The van der Waals surface area contributed by atoms with Crippen LogP contribution in [0.2, 0.25) is 0 Å². The van der Waals surface area contributed by atoms with E-state index in [4.69, 9.17) is 0 Å². The summed E-state index contributed by atoms with van der Waals surface area (Å²) in [6, 6.07) is 8.07. The van der Waals surface area contributed by atoms with Crippen molar-refractivity contribution in [1.82, 2.24) is 0 Å². The van der Waals surface area contributed by atoms with Crippen molar-refractivity contribution in [2.24, 2.45) is 11.8 Å². The van der Waals surface area contributed by atoms with E-state index in [9.17, 15) is 4.79 Å². The van der Waals surface area contributed by atoms with Crippen molar-refractivity contribution >= 4 is 5.78 Å². The van der Waals surface area contributed by atoms with Crippen molar-refractivity contribution in [2.45, 2.75) is 40.5 Å².